The second kappa shape index (κ2) is 5.93. The summed E-state index contributed by atoms with van der Waals surface area (Å²) in [7, 11) is 1.89. The quantitative estimate of drug-likeness (QED) is 0.899. The van der Waals surface area contributed by atoms with E-state index >= 15 is 0 Å². The third kappa shape index (κ3) is 3.19. The minimum Gasteiger partial charge on any atom is -0.313 e. The third-order valence-corrected chi connectivity index (χ3v) is 4.19. The van der Waals surface area contributed by atoms with Crippen LogP contribution in [0.1, 0.15) is 30.0 Å². The molecule has 1 unspecified atom stereocenters. The Morgan fingerprint density at radius 2 is 1.90 bits per heavy atom. The van der Waals surface area contributed by atoms with Gasteiger partial charge in [-0.15, -0.1) is 11.3 Å². The zero-order valence-corrected chi connectivity index (χ0v) is 12.0. The largest absolute Gasteiger partial charge is 0.443 e. The molecule has 0 radical (unpaired) electrons. The minimum absolute atomic E-state index is 0.260. The first kappa shape index (κ1) is 15.0. The number of hydrogen-bond acceptors (Lipinski definition) is 3. The van der Waals surface area contributed by atoms with E-state index in [9.17, 15) is 13.2 Å². The molecule has 0 amide bonds. The highest BCUT2D eigenvalue weighted by molar-refractivity contribution is 7.15. The normalized spacial score (nSPS) is 13.4. The molecule has 108 valence electrons. The molecule has 6 heteroatoms. The van der Waals surface area contributed by atoms with Crippen LogP contribution in [0, 0.1) is 0 Å². The number of nitrogens with zero attached hydrogens (tertiary/aromatic N) is 1. The van der Waals surface area contributed by atoms with Crippen LogP contribution >= 0.6 is 11.3 Å². The molecule has 1 aromatic heterocycles. The van der Waals surface area contributed by atoms with Crippen LogP contribution in [0.2, 0.25) is 0 Å². The Morgan fingerprint density at radius 1 is 1.25 bits per heavy atom. The van der Waals surface area contributed by atoms with Gasteiger partial charge in [0.25, 0.3) is 0 Å². The average Bonchev–Trinajstić information content (AvgIpc) is 2.90. The number of halogens is 3. The summed E-state index contributed by atoms with van der Waals surface area (Å²) < 4.78 is 37.6. The minimum atomic E-state index is -4.37. The van der Waals surface area contributed by atoms with Gasteiger partial charge in [0.1, 0.15) is 0 Å². The second-order valence-corrected chi connectivity index (χ2v) is 5.43. The summed E-state index contributed by atoms with van der Waals surface area (Å²) in [5.41, 5.74) is 1.88. The highest BCUT2D eigenvalue weighted by Crippen LogP contribution is 2.36. The van der Waals surface area contributed by atoms with E-state index in [1.165, 1.54) is 6.20 Å². The number of aromatic nitrogens is 1. The summed E-state index contributed by atoms with van der Waals surface area (Å²) in [5, 5.41) is 2.39. The van der Waals surface area contributed by atoms with Crippen molar-refractivity contribution in [2.45, 2.75) is 25.6 Å². The fraction of sp³-hybridized carbons (Fsp3) is 0.357. The highest BCUT2D eigenvalue weighted by atomic mass is 32.1. The van der Waals surface area contributed by atoms with E-state index < -0.39 is 11.2 Å². The molecule has 0 aliphatic heterocycles. The maximum Gasteiger partial charge on any atom is 0.443 e. The Labute approximate surface area is 119 Å². The molecule has 0 saturated carbocycles. The molecule has 0 fully saturated rings. The summed E-state index contributed by atoms with van der Waals surface area (Å²) in [4.78, 5) is 3.96. The van der Waals surface area contributed by atoms with E-state index in [0.717, 1.165) is 17.5 Å². The first-order valence-electron chi connectivity index (χ1n) is 6.26. The Kier molecular flexibility index (Phi) is 4.45. The lowest BCUT2D eigenvalue weighted by Crippen LogP contribution is -2.14. The van der Waals surface area contributed by atoms with E-state index in [4.69, 9.17) is 0 Å². The second-order valence-electron chi connectivity index (χ2n) is 4.40. The van der Waals surface area contributed by atoms with Gasteiger partial charge < -0.3 is 5.32 Å². The predicted molar refractivity (Wildman–Crippen MR) is 74.6 cm³/mol. The van der Waals surface area contributed by atoms with Crippen LogP contribution in [0.3, 0.4) is 0 Å². The Morgan fingerprint density at radius 3 is 2.35 bits per heavy atom. The molecule has 2 nitrogen and oxygen atoms in total. The topological polar surface area (TPSA) is 24.9 Å². The standard InChI is InChI=1S/C14H15F3N2S/c1-3-11(18-2)9-4-6-10(7-5-9)12-8-19-13(20-12)14(15,16)17/h4-8,11,18H,3H2,1-2H3. The van der Waals surface area contributed by atoms with Gasteiger partial charge in [0.15, 0.2) is 5.01 Å². The van der Waals surface area contributed by atoms with Crippen molar-refractivity contribution < 1.29 is 13.2 Å². The zero-order chi connectivity index (χ0) is 14.8. The van der Waals surface area contributed by atoms with Gasteiger partial charge in [-0.1, -0.05) is 31.2 Å². The van der Waals surface area contributed by atoms with Crippen molar-refractivity contribution in [1.29, 1.82) is 0 Å². The molecule has 0 saturated heterocycles. The van der Waals surface area contributed by atoms with Crippen molar-refractivity contribution in [2.24, 2.45) is 0 Å². The first-order valence-corrected chi connectivity index (χ1v) is 7.08. The molecule has 1 N–H and O–H groups in total. The van der Waals surface area contributed by atoms with E-state index in [1.54, 1.807) is 0 Å². The Balaban J connectivity index is 2.24. The lowest BCUT2D eigenvalue weighted by atomic mass is 10.0. The molecule has 0 bridgehead atoms. The van der Waals surface area contributed by atoms with Gasteiger partial charge in [0.05, 0.1) is 4.88 Å². The van der Waals surface area contributed by atoms with Crippen LogP contribution in [-0.2, 0) is 6.18 Å². The molecule has 1 heterocycles. The summed E-state index contributed by atoms with van der Waals surface area (Å²) in [6, 6.07) is 7.81. The van der Waals surface area contributed by atoms with Crippen molar-refractivity contribution in [3.63, 3.8) is 0 Å². The van der Waals surface area contributed by atoms with Crippen molar-refractivity contribution in [2.75, 3.05) is 7.05 Å². The Hall–Kier alpha value is -1.40. The summed E-state index contributed by atoms with van der Waals surface area (Å²) >= 11 is 0.667. The molecule has 1 atom stereocenters. The van der Waals surface area contributed by atoms with Gasteiger partial charge in [-0.25, -0.2) is 4.98 Å². The molecular formula is C14H15F3N2S. The average molecular weight is 300 g/mol. The highest BCUT2D eigenvalue weighted by Gasteiger charge is 2.34. The number of nitrogens with one attached hydrogen (secondary N) is 1. The van der Waals surface area contributed by atoms with Gasteiger partial charge in [0, 0.05) is 12.2 Å². The fourth-order valence-corrected chi connectivity index (χ4v) is 2.81. The van der Waals surface area contributed by atoms with E-state index in [2.05, 4.69) is 17.2 Å². The molecule has 0 aliphatic rings. The van der Waals surface area contributed by atoms with Crippen LogP contribution < -0.4 is 5.32 Å². The Bertz CT molecular complexity index is 557. The molecule has 2 rings (SSSR count). The van der Waals surface area contributed by atoms with E-state index in [0.29, 0.717) is 16.2 Å². The van der Waals surface area contributed by atoms with Crippen LogP contribution in [0.25, 0.3) is 10.4 Å². The number of hydrogen-bond donors (Lipinski definition) is 1. The molecule has 0 spiro atoms. The maximum atomic E-state index is 12.5. The lowest BCUT2D eigenvalue weighted by Gasteiger charge is -2.14. The van der Waals surface area contributed by atoms with Gasteiger partial charge in [-0.3, -0.25) is 0 Å². The smallest absolute Gasteiger partial charge is 0.313 e. The van der Waals surface area contributed by atoms with Gasteiger partial charge in [-0.2, -0.15) is 13.2 Å². The maximum absolute atomic E-state index is 12.5. The SMILES string of the molecule is CCC(NC)c1ccc(-c2cnc(C(F)(F)F)s2)cc1. The van der Waals surface area contributed by atoms with Crippen LogP contribution in [0.5, 0.6) is 0 Å². The lowest BCUT2D eigenvalue weighted by molar-refractivity contribution is -0.137. The number of thiazole rings is 1. The van der Waals surface area contributed by atoms with Crippen molar-refractivity contribution >= 4 is 11.3 Å². The van der Waals surface area contributed by atoms with E-state index in [-0.39, 0.29) is 6.04 Å². The van der Waals surface area contributed by atoms with E-state index in [1.807, 2.05) is 31.3 Å². The van der Waals surface area contributed by atoms with Gasteiger partial charge in [0.2, 0.25) is 0 Å². The fourth-order valence-electron chi connectivity index (χ4n) is 2.02. The van der Waals surface area contributed by atoms with Crippen molar-refractivity contribution in [3.05, 3.63) is 41.0 Å². The van der Waals surface area contributed by atoms with Crippen LogP contribution in [-0.4, -0.2) is 12.0 Å². The monoisotopic (exact) mass is 300 g/mol. The third-order valence-electron chi connectivity index (χ3n) is 3.10. The summed E-state index contributed by atoms with van der Waals surface area (Å²) in [5.74, 6) is 0. The molecular weight excluding hydrogens is 285 g/mol. The molecule has 20 heavy (non-hydrogen) atoms. The zero-order valence-electron chi connectivity index (χ0n) is 11.2. The first-order chi connectivity index (χ1) is 9.45. The number of alkyl halides is 3. The number of rotatable bonds is 4. The van der Waals surface area contributed by atoms with Crippen molar-refractivity contribution in [3.8, 4) is 10.4 Å². The summed E-state index contributed by atoms with van der Waals surface area (Å²) in [6.45, 7) is 2.08. The van der Waals surface area contributed by atoms with Crippen LogP contribution in [0.4, 0.5) is 13.2 Å². The van der Waals surface area contributed by atoms with Gasteiger partial charge in [-0.05, 0) is 24.6 Å². The van der Waals surface area contributed by atoms with Crippen molar-refractivity contribution in [1.82, 2.24) is 10.3 Å². The summed E-state index contributed by atoms with van der Waals surface area (Å²) in [6.07, 6.45) is -2.14. The number of benzene rings is 1. The molecule has 0 aliphatic carbocycles. The van der Waals surface area contributed by atoms with Gasteiger partial charge >= 0.3 is 6.18 Å². The van der Waals surface area contributed by atoms with Crippen LogP contribution in [0.15, 0.2) is 30.5 Å². The molecule has 1 aromatic carbocycles. The molecule has 2 aromatic rings. The predicted octanol–water partition coefficient (Wildman–Crippen LogP) is 4.50.